The molecule has 1 heterocycles. The standard InChI is InChI=1S/C10H23N3S/c1-12(2)5-6-13(3)8-10-9-14-7-4-11-10/h10-11H,4-9H2,1-3H3. The Hall–Kier alpha value is 0.230. The number of thioether (sulfide) groups is 1. The van der Waals surface area contributed by atoms with Gasteiger partial charge in [0.1, 0.15) is 0 Å². The van der Waals surface area contributed by atoms with E-state index in [4.69, 9.17) is 0 Å². The highest BCUT2D eigenvalue weighted by Gasteiger charge is 2.14. The molecule has 0 aromatic rings. The third-order valence-electron chi connectivity index (χ3n) is 2.46. The van der Waals surface area contributed by atoms with Gasteiger partial charge in [-0.05, 0) is 21.1 Å². The summed E-state index contributed by atoms with van der Waals surface area (Å²) in [6.07, 6.45) is 0. The van der Waals surface area contributed by atoms with Gasteiger partial charge in [0.05, 0.1) is 0 Å². The van der Waals surface area contributed by atoms with Gasteiger partial charge in [-0.2, -0.15) is 11.8 Å². The van der Waals surface area contributed by atoms with Crippen LogP contribution < -0.4 is 5.32 Å². The van der Waals surface area contributed by atoms with Gasteiger partial charge >= 0.3 is 0 Å². The van der Waals surface area contributed by atoms with Crippen molar-refractivity contribution in [1.29, 1.82) is 0 Å². The molecule has 0 amide bonds. The van der Waals surface area contributed by atoms with Gasteiger partial charge in [-0.1, -0.05) is 0 Å². The highest BCUT2D eigenvalue weighted by Crippen LogP contribution is 2.08. The highest BCUT2D eigenvalue weighted by molar-refractivity contribution is 7.99. The van der Waals surface area contributed by atoms with Gasteiger partial charge in [0.25, 0.3) is 0 Å². The van der Waals surface area contributed by atoms with Crippen LogP contribution in [0.2, 0.25) is 0 Å². The van der Waals surface area contributed by atoms with E-state index in [0.717, 1.165) is 13.1 Å². The minimum atomic E-state index is 0.695. The predicted octanol–water partition coefficient (Wildman–Crippen LogP) is 0.185. The minimum absolute atomic E-state index is 0.695. The molecule has 0 aromatic heterocycles. The van der Waals surface area contributed by atoms with E-state index in [1.807, 2.05) is 0 Å². The zero-order valence-electron chi connectivity index (χ0n) is 9.62. The topological polar surface area (TPSA) is 18.5 Å². The van der Waals surface area contributed by atoms with Crippen molar-refractivity contribution in [1.82, 2.24) is 15.1 Å². The van der Waals surface area contributed by atoms with Gasteiger partial charge in [0, 0.05) is 43.7 Å². The summed E-state index contributed by atoms with van der Waals surface area (Å²) >= 11 is 2.07. The van der Waals surface area contributed by atoms with E-state index in [-0.39, 0.29) is 0 Å². The molecule has 1 fully saturated rings. The van der Waals surface area contributed by atoms with Crippen molar-refractivity contribution in [2.24, 2.45) is 0 Å². The van der Waals surface area contributed by atoms with Crippen molar-refractivity contribution in [3.05, 3.63) is 0 Å². The molecule has 4 heteroatoms. The van der Waals surface area contributed by atoms with Crippen LogP contribution in [0.25, 0.3) is 0 Å². The summed E-state index contributed by atoms with van der Waals surface area (Å²) in [5.74, 6) is 2.55. The second kappa shape index (κ2) is 6.67. The molecule has 1 aliphatic rings. The van der Waals surface area contributed by atoms with E-state index >= 15 is 0 Å². The molecule has 1 unspecified atom stereocenters. The lowest BCUT2D eigenvalue weighted by molar-refractivity contribution is 0.262. The molecule has 1 saturated heterocycles. The molecule has 14 heavy (non-hydrogen) atoms. The van der Waals surface area contributed by atoms with Gasteiger partial charge in [-0.3, -0.25) is 0 Å². The Morgan fingerprint density at radius 2 is 2.07 bits per heavy atom. The molecule has 3 nitrogen and oxygen atoms in total. The van der Waals surface area contributed by atoms with Crippen LogP contribution >= 0.6 is 11.8 Å². The maximum absolute atomic E-state index is 3.56. The van der Waals surface area contributed by atoms with Gasteiger partial charge in [0.15, 0.2) is 0 Å². The van der Waals surface area contributed by atoms with Crippen LogP contribution in [0, 0.1) is 0 Å². The van der Waals surface area contributed by atoms with Crippen molar-refractivity contribution >= 4 is 11.8 Å². The first-order chi connectivity index (χ1) is 6.68. The maximum atomic E-state index is 3.56. The van der Waals surface area contributed by atoms with Crippen molar-refractivity contribution in [2.75, 3.05) is 58.8 Å². The summed E-state index contributed by atoms with van der Waals surface area (Å²) in [7, 11) is 6.47. The quantitative estimate of drug-likeness (QED) is 0.708. The van der Waals surface area contributed by atoms with Crippen LogP contribution in [-0.4, -0.2) is 74.7 Å². The first-order valence-electron chi connectivity index (χ1n) is 5.33. The van der Waals surface area contributed by atoms with E-state index in [1.165, 1.54) is 24.6 Å². The lowest BCUT2D eigenvalue weighted by atomic mass is 10.3. The summed E-state index contributed by atoms with van der Waals surface area (Å²) in [5.41, 5.74) is 0. The Balaban J connectivity index is 2.09. The molecular weight excluding hydrogens is 194 g/mol. The summed E-state index contributed by atoms with van der Waals surface area (Å²) in [5, 5.41) is 3.56. The molecule has 1 rings (SSSR count). The smallest absolute Gasteiger partial charge is 0.0285 e. The van der Waals surface area contributed by atoms with Crippen LogP contribution in [0.5, 0.6) is 0 Å². The monoisotopic (exact) mass is 217 g/mol. The summed E-state index contributed by atoms with van der Waals surface area (Å²) in [6.45, 7) is 4.67. The zero-order valence-corrected chi connectivity index (χ0v) is 10.4. The second-order valence-corrected chi connectivity index (χ2v) is 5.44. The Kier molecular flexibility index (Phi) is 5.86. The molecule has 0 saturated carbocycles. The minimum Gasteiger partial charge on any atom is -0.311 e. The molecule has 1 N–H and O–H groups in total. The molecule has 0 aromatic carbocycles. The van der Waals surface area contributed by atoms with Crippen molar-refractivity contribution in [3.63, 3.8) is 0 Å². The lowest BCUT2D eigenvalue weighted by Gasteiger charge is -2.28. The lowest BCUT2D eigenvalue weighted by Crippen LogP contribution is -2.46. The first-order valence-corrected chi connectivity index (χ1v) is 6.48. The average molecular weight is 217 g/mol. The molecule has 84 valence electrons. The predicted molar refractivity (Wildman–Crippen MR) is 65.2 cm³/mol. The van der Waals surface area contributed by atoms with Crippen LogP contribution in [-0.2, 0) is 0 Å². The van der Waals surface area contributed by atoms with Crippen LogP contribution in [0.4, 0.5) is 0 Å². The number of likely N-dealkylation sites (N-methyl/N-ethyl adjacent to an activating group) is 2. The van der Waals surface area contributed by atoms with Crippen LogP contribution in [0.3, 0.4) is 0 Å². The number of hydrogen-bond donors (Lipinski definition) is 1. The third kappa shape index (κ3) is 5.20. The van der Waals surface area contributed by atoms with Crippen molar-refractivity contribution < 1.29 is 0 Å². The summed E-state index contributed by atoms with van der Waals surface area (Å²) in [4.78, 5) is 4.66. The molecule has 1 aliphatic heterocycles. The largest absolute Gasteiger partial charge is 0.311 e. The number of nitrogens with one attached hydrogen (secondary N) is 1. The van der Waals surface area contributed by atoms with Crippen LogP contribution in [0.15, 0.2) is 0 Å². The Labute approximate surface area is 92.2 Å². The Morgan fingerprint density at radius 1 is 1.29 bits per heavy atom. The number of rotatable bonds is 5. The van der Waals surface area contributed by atoms with Gasteiger partial charge in [-0.25, -0.2) is 0 Å². The normalized spacial score (nSPS) is 23.4. The van der Waals surface area contributed by atoms with Gasteiger partial charge in [0.2, 0.25) is 0 Å². The van der Waals surface area contributed by atoms with E-state index in [1.54, 1.807) is 0 Å². The van der Waals surface area contributed by atoms with E-state index < -0.39 is 0 Å². The number of nitrogens with zero attached hydrogens (tertiary/aromatic N) is 2. The fourth-order valence-electron chi connectivity index (χ4n) is 1.58. The third-order valence-corrected chi connectivity index (χ3v) is 3.59. The average Bonchev–Trinajstić information content (AvgIpc) is 2.16. The molecule has 0 bridgehead atoms. The highest BCUT2D eigenvalue weighted by atomic mass is 32.2. The van der Waals surface area contributed by atoms with E-state index in [0.29, 0.717) is 6.04 Å². The van der Waals surface area contributed by atoms with Gasteiger partial charge in [-0.15, -0.1) is 0 Å². The summed E-state index contributed by atoms with van der Waals surface area (Å²) in [6, 6.07) is 0.695. The first kappa shape index (κ1) is 12.3. The molecule has 0 radical (unpaired) electrons. The van der Waals surface area contributed by atoms with Crippen molar-refractivity contribution in [2.45, 2.75) is 6.04 Å². The van der Waals surface area contributed by atoms with E-state index in [9.17, 15) is 0 Å². The summed E-state index contributed by atoms with van der Waals surface area (Å²) < 4.78 is 0. The van der Waals surface area contributed by atoms with Crippen molar-refractivity contribution in [3.8, 4) is 0 Å². The zero-order chi connectivity index (χ0) is 10.4. The Morgan fingerprint density at radius 3 is 2.64 bits per heavy atom. The SMILES string of the molecule is CN(C)CCN(C)CC1CSCCN1. The van der Waals surface area contributed by atoms with Gasteiger partial charge < -0.3 is 15.1 Å². The fraction of sp³-hybridized carbons (Fsp3) is 1.00. The van der Waals surface area contributed by atoms with Crippen LogP contribution in [0.1, 0.15) is 0 Å². The number of hydrogen-bond acceptors (Lipinski definition) is 4. The molecule has 0 spiro atoms. The fourth-order valence-corrected chi connectivity index (χ4v) is 2.51. The molecule has 1 atom stereocenters. The Bertz CT molecular complexity index is 146. The molecule has 0 aliphatic carbocycles. The second-order valence-electron chi connectivity index (χ2n) is 4.29. The molecular formula is C10H23N3S. The van der Waals surface area contributed by atoms with E-state index in [2.05, 4.69) is 48.0 Å². The maximum Gasteiger partial charge on any atom is 0.0285 e.